The van der Waals surface area contributed by atoms with Crippen molar-refractivity contribution < 1.29 is 4.79 Å². The van der Waals surface area contributed by atoms with Gasteiger partial charge in [0.1, 0.15) is 6.04 Å². The molecule has 1 fully saturated rings. The van der Waals surface area contributed by atoms with Crippen molar-refractivity contribution in [2.45, 2.75) is 25.3 Å². The molecular formula is C13H12Cl2N2O. The van der Waals surface area contributed by atoms with Gasteiger partial charge in [-0.15, -0.1) is 0 Å². The highest BCUT2D eigenvalue weighted by Crippen LogP contribution is 2.23. The van der Waals surface area contributed by atoms with Crippen molar-refractivity contribution in [3.05, 3.63) is 33.8 Å². The lowest BCUT2D eigenvalue weighted by molar-refractivity contribution is 0.0670. The first-order valence-corrected chi connectivity index (χ1v) is 6.54. The Balaban J connectivity index is 2.27. The van der Waals surface area contributed by atoms with E-state index < -0.39 is 0 Å². The number of carbonyl (C=O) groups excluding carboxylic acids is 1. The smallest absolute Gasteiger partial charge is 0.255 e. The second kappa shape index (κ2) is 5.60. The predicted molar refractivity (Wildman–Crippen MR) is 70.8 cm³/mol. The number of carbonyl (C=O) groups is 1. The molecule has 2 rings (SSSR count). The first kappa shape index (κ1) is 13.2. The second-order valence-corrected chi connectivity index (χ2v) is 5.17. The van der Waals surface area contributed by atoms with Crippen LogP contribution in [0.1, 0.15) is 29.6 Å². The molecule has 0 bridgehead atoms. The zero-order valence-electron chi connectivity index (χ0n) is 9.70. The lowest BCUT2D eigenvalue weighted by Gasteiger charge is -2.31. The van der Waals surface area contributed by atoms with Gasteiger partial charge in [0.05, 0.1) is 6.07 Å². The van der Waals surface area contributed by atoms with Crippen LogP contribution in [0.5, 0.6) is 0 Å². The van der Waals surface area contributed by atoms with E-state index in [0.717, 1.165) is 19.3 Å². The molecule has 0 spiro atoms. The highest BCUT2D eigenvalue weighted by Gasteiger charge is 2.27. The van der Waals surface area contributed by atoms with E-state index in [1.807, 2.05) is 0 Å². The monoisotopic (exact) mass is 282 g/mol. The molecule has 94 valence electrons. The van der Waals surface area contributed by atoms with Gasteiger partial charge in [-0.25, -0.2) is 0 Å². The van der Waals surface area contributed by atoms with E-state index in [2.05, 4.69) is 6.07 Å². The number of hydrogen-bond donors (Lipinski definition) is 0. The van der Waals surface area contributed by atoms with Crippen molar-refractivity contribution in [1.82, 2.24) is 4.90 Å². The van der Waals surface area contributed by atoms with Gasteiger partial charge in [0, 0.05) is 22.2 Å². The van der Waals surface area contributed by atoms with Gasteiger partial charge in [-0.05, 0) is 37.5 Å². The molecule has 1 amide bonds. The molecule has 5 heteroatoms. The summed E-state index contributed by atoms with van der Waals surface area (Å²) in [6, 6.07) is 6.58. The molecule has 1 aromatic rings. The zero-order chi connectivity index (χ0) is 13.1. The van der Waals surface area contributed by atoms with Crippen molar-refractivity contribution in [3.63, 3.8) is 0 Å². The van der Waals surface area contributed by atoms with Crippen LogP contribution < -0.4 is 0 Å². The van der Waals surface area contributed by atoms with E-state index in [9.17, 15) is 4.79 Å². The number of amides is 1. The van der Waals surface area contributed by atoms with Crippen molar-refractivity contribution in [2.75, 3.05) is 6.54 Å². The minimum absolute atomic E-state index is 0.175. The van der Waals surface area contributed by atoms with E-state index in [-0.39, 0.29) is 11.9 Å². The molecule has 0 saturated carbocycles. The van der Waals surface area contributed by atoms with Crippen LogP contribution in [-0.4, -0.2) is 23.4 Å². The standard InChI is InChI=1S/C13H12Cl2N2O/c14-10-5-9(6-11(15)7-10)13(18)17-4-2-1-3-12(17)8-16/h5-7,12H,1-4H2. The maximum atomic E-state index is 12.3. The van der Waals surface area contributed by atoms with Gasteiger partial charge in [-0.3, -0.25) is 4.79 Å². The molecule has 1 aliphatic heterocycles. The van der Waals surface area contributed by atoms with E-state index in [1.54, 1.807) is 23.1 Å². The molecule has 0 N–H and O–H groups in total. The molecule has 1 saturated heterocycles. The molecule has 18 heavy (non-hydrogen) atoms. The Labute approximate surface area is 116 Å². The lowest BCUT2D eigenvalue weighted by atomic mass is 10.0. The first-order chi connectivity index (χ1) is 8.61. The summed E-state index contributed by atoms with van der Waals surface area (Å²) in [6.07, 6.45) is 2.65. The van der Waals surface area contributed by atoms with Crippen LogP contribution in [-0.2, 0) is 0 Å². The summed E-state index contributed by atoms with van der Waals surface area (Å²) in [7, 11) is 0. The summed E-state index contributed by atoms with van der Waals surface area (Å²) in [6.45, 7) is 0.612. The van der Waals surface area contributed by atoms with Gasteiger partial charge in [-0.1, -0.05) is 23.2 Å². The average Bonchev–Trinajstić information content (AvgIpc) is 2.36. The van der Waals surface area contributed by atoms with Gasteiger partial charge >= 0.3 is 0 Å². The number of hydrogen-bond acceptors (Lipinski definition) is 2. The number of nitrogens with zero attached hydrogens (tertiary/aromatic N) is 2. The highest BCUT2D eigenvalue weighted by molar-refractivity contribution is 6.35. The number of likely N-dealkylation sites (tertiary alicyclic amines) is 1. The summed E-state index contributed by atoms with van der Waals surface area (Å²) in [5.41, 5.74) is 0.439. The molecule has 3 nitrogen and oxygen atoms in total. The van der Waals surface area contributed by atoms with Gasteiger partial charge in [-0.2, -0.15) is 5.26 Å². The van der Waals surface area contributed by atoms with Gasteiger partial charge in [0.2, 0.25) is 0 Å². The van der Waals surface area contributed by atoms with E-state index in [0.29, 0.717) is 22.2 Å². The Morgan fingerprint density at radius 1 is 1.28 bits per heavy atom. The Kier molecular flexibility index (Phi) is 4.11. The van der Waals surface area contributed by atoms with Crippen LogP contribution in [0.2, 0.25) is 10.0 Å². The minimum Gasteiger partial charge on any atom is -0.323 e. The molecule has 0 aromatic heterocycles. The average molecular weight is 283 g/mol. The Morgan fingerprint density at radius 2 is 1.94 bits per heavy atom. The Hall–Kier alpha value is -1.24. The van der Waals surface area contributed by atoms with Crippen LogP contribution in [0.4, 0.5) is 0 Å². The van der Waals surface area contributed by atoms with Gasteiger partial charge in [0.15, 0.2) is 0 Å². The molecule has 1 aromatic carbocycles. The van der Waals surface area contributed by atoms with Crippen molar-refractivity contribution in [1.29, 1.82) is 5.26 Å². The maximum absolute atomic E-state index is 12.3. The van der Waals surface area contributed by atoms with Crippen LogP contribution in [0.25, 0.3) is 0 Å². The molecule has 1 heterocycles. The topological polar surface area (TPSA) is 44.1 Å². The molecule has 1 aliphatic rings. The van der Waals surface area contributed by atoms with E-state index in [1.165, 1.54) is 0 Å². The zero-order valence-corrected chi connectivity index (χ0v) is 11.2. The third-order valence-corrected chi connectivity index (χ3v) is 3.46. The number of nitriles is 1. The summed E-state index contributed by atoms with van der Waals surface area (Å²) >= 11 is 11.8. The largest absolute Gasteiger partial charge is 0.323 e. The lowest BCUT2D eigenvalue weighted by Crippen LogP contribution is -2.42. The van der Waals surface area contributed by atoms with Crippen LogP contribution >= 0.6 is 23.2 Å². The number of rotatable bonds is 1. The summed E-state index contributed by atoms with van der Waals surface area (Å²) in [4.78, 5) is 13.9. The molecule has 0 aliphatic carbocycles. The minimum atomic E-state index is -0.344. The fourth-order valence-electron chi connectivity index (χ4n) is 2.15. The van der Waals surface area contributed by atoms with Crippen molar-refractivity contribution in [2.24, 2.45) is 0 Å². The fraction of sp³-hybridized carbons (Fsp3) is 0.385. The predicted octanol–water partition coefficient (Wildman–Crippen LogP) is 3.51. The Morgan fingerprint density at radius 3 is 2.56 bits per heavy atom. The number of piperidine rings is 1. The summed E-state index contributed by atoms with van der Waals surface area (Å²) in [5.74, 6) is -0.175. The Bertz CT molecular complexity index is 490. The first-order valence-electron chi connectivity index (χ1n) is 5.78. The third-order valence-electron chi connectivity index (χ3n) is 3.02. The maximum Gasteiger partial charge on any atom is 0.255 e. The molecule has 1 unspecified atom stereocenters. The van der Waals surface area contributed by atoms with Gasteiger partial charge < -0.3 is 4.90 Å². The van der Waals surface area contributed by atoms with Crippen LogP contribution in [0.15, 0.2) is 18.2 Å². The van der Waals surface area contributed by atoms with E-state index in [4.69, 9.17) is 28.5 Å². The molecule has 1 atom stereocenters. The number of halogens is 2. The normalized spacial score (nSPS) is 19.4. The summed E-state index contributed by atoms with van der Waals surface area (Å²) in [5, 5.41) is 9.92. The van der Waals surface area contributed by atoms with E-state index >= 15 is 0 Å². The summed E-state index contributed by atoms with van der Waals surface area (Å²) < 4.78 is 0. The third kappa shape index (κ3) is 2.77. The second-order valence-electron chi connectivity index (χ2n) is 4.30. The molecular weight excluding hydrogens is 271 g/mol. The number of benzene rings is 1. The molecule has 0 radical (unpaired) electrons. The fourth-order valence-corrected chi connectivity index (χ4v) is 2.68. The highest BCUT2D eigenvalue weighted by atomic mass is 35.5. The quantitative estimate of drug-likeness (QED) is 0.791. The van der Waals surface area contributed by atoms with Crippen LogP contribution in [0, 0.1) is 11.3 Å². The van der Waals surface area contributed by atoms with Crippen molar-refractivity contribution >= 4 is 29.1 Å². The van der Waals surface area contributed by atoms with Gasteiger partial charge in [0.25, 0.3) is 5.91 Å². The SMILES string of the molecule is N#CC1CCCCN1C(=O)c1cc(Cl)cc(Cl)c1. The van der Waals surface area contributed by atoms with Crippen molar-refractivity contribution in [3.8, 4) is 6.07 Å². The van der Waals surface area contributed by atoms with Crippen LogP contribution in [0.3, 0.4) is 0 Å².